The van der Waals surface area contributed by atoms with E-state index >= 15 is 0 Å². The lowest BCUT2D eigenvalue weighted by Gasteiger charge is -2.21. The number of hydrogen-bond donors (Lipinski definition) is 2. The van der Waals surface area contributed by atoms with E-state index in [1.807, 2.05) is 11.8 Å². The lowest BCUT2D eigenvalue weighted by atomic mass is 10.2. The monoisotopic (exact) mass is 296 g/mol. The molecule has 0 radical (unpaired) electrons. The Morgan fingerprint density at radius 1 is 1.53 bits per heavy atom. The lowest BCUT2D eigenvalue weighted by molar-refractivity contribution is -0.123. The zero-order valence-corrected chi connectivity index (χ0v) is 12.6. The second-order valence-corrected chi connectivity index (χ2v) is 6.86. The number of rotatable bonds is 4. The van der Waals surface area contributed by atoms with Gasteiger partial charge in [-0.3, -0.25) is 10.1 Å². The van der Waals surface area contributed by atoms with E-state index in [1.165, 1.54) is 12.8 Å². The molecule has 1 saturated carbocycles. The van der Waals surface area contributed by atoms with Crippen LogP contribution in [0.3, 0.4) is 0 Å². The summed E-state index contributed by atoms with van der Waals surface area (Å²) in [5, 5.41) is 7.08. The third-order valence-corrected chi connectivity index (χ3v) is 5.46. The quantitative estimate of drug-likeness (QED) is 0.831. The molecule has 2 rings (SSSR count). The molecule has 100 valence electrons. The SMILES string of the molecule is CCSC1CCCC1NC(=O)C1CSCN1.Cl. The predicted octanol–water partition coefficient (Wildman–Crippen LogP) is 1.86. The zero-order chi connectivity index (χ0) is 11.4. The summed E-state index contributed by atoms with van der Waals surface area (Å²) in [5.74, 6) is 3.19. The van der Waals surface area contributed by atoms with Crippen LogP contribution in [-0.2, 0) is 4.79 Å². The van der Waals surface area contributed by atoms with Crippen LogP contribution in [0.5, 0.6) is 0 Å². The van der Waals surface area contributed by atoms with E-state index in [4.69, 9.17) is 0 Å². The van der Waals surface area contributed by atoms with Crippen molar-refractivity contribution in [3.05, 3.63) is 0 Å². The van der Waals surface area contributed by atoms with Crippen LogP contribution in [0.25, 0.3) is 0 Å². The van der Waals surface area contributed by atoms with Crippen molar-refractivity contribution in [1.29, 1.82) is 0 Å². The standard InChI is InChI=1S/C11H20N2OS2.ClH/c1-2-16-10-5-3-4-8(10)13-11(14)9-6-15-7-12-9;/h8-10,12H,2-7H2,1H3,(H,13,14);1H. The fourth-order valence-electron chi connectivity index (χ4n) is 2.35. The minimum absolute atomic E-state index is 0. The number of thioether (sulfide) groups is 2. The largest absolute Gasteiger partial charge is 0.351 e. The third kappa shape index (κ3) is 4.23. The van der Waals surface area contributed by atoms with Gasteiger partial charge in [0.15, 0.2) is 0 Å². The van der Waals surface area contributed by atoms with Gasteiger partial charge in [-0.2, -0.15) is 11.8 Å². The predicted molar refractivity (Wildman–Crippen MR) is 79.2 cm³/mol. The molecule has 0 bridgehead atoms. The average Bonchev–Trinajstić information content (AvgIpc) is 2.90. The van der Waals surface area contributed by atoms with Crippen molar-refractivity contribution in [2.24, 2.45) is 0 Å². The van der Waals surface area contributed by atoms with E-state index < -0.39 is 0 Å². The summed E-state index contributed by atoms with van der Waals surface area (Å²) in [7, 11) is 0. The first-order chi connectivity index (χ1) is 7.81. The van der Waals surface area contributed by atoms with E-state index in [9.17, 15) is 4.79 Å². The summed E-state index contributed by atoms with van der Waals surface area (Å²) in [6.07, 6.45) is 3.68. The van der Waals surface area contributed by atoms with Crippen LogP contribution >= 0.6 is 35.9 Å². The van der Waals surface area contributed by atoms with Crippen molar-refractivity contribution in [1.82, 2.24) is 10.6 Å². The molecule has 1 aliphatic heterocycles. The number of halogens is 1. The molecule has 6 heteroatoms. The van der Waals surface area contributed by atoms with Crippen LogP contribution < -0.4 is 10.6 Å². The Hall–Kier alpha value is 0.420. The minimum atomic E-state index is 0. The van der Waals surface area contributed by atoms with E-state index in [0.29, 0.717) is 11.3 Å². The van der Waals surface area contributed by atoms with Crippen molar-refractivity contribution in [2.75, 3.05) is 17.4 Å². The summed E-state index contributed by atoms with van der Waals surface area (Å²) in [6.45, 7) is 2.19. The molecule has 0 spiro atoms. The first-order valence-electron chi connectivity index (χ1n) is 6.04. The van der Waals surface area contributed by atoms with Crippen molar-refractivity contribution in [3.8, 4) is 0 Å². The highest BCUT2D eigenvalue weighted by molar-refractivity contribution is 8.00. The second kappa shape index (κ2) is 7.77. The Morgan fingerprint density at radius 2 is 2.35 bits per heavy atom. The average molecular weight is 297 g/mol. The molecular weight excluding hydrogens is 276 g/mol. The molecule has 0 aromatic heterocycles. The maximum atomic E-state index is 12.0. The van der Waals surface area contributed by atoms with Gasteiger partial charge in [-0.15, -0.1) is 24.2 Å². The second-order valence-electron chi connectivity index (χ2n) is 4.31. The van der Waals surface area contributed by atoms with Gasteiger partial charge >= 0.3 is 0 Å². The lowest BCUT2D eigenvalue weighted by Crippen LogP contribution is -2.48. The fraction of sp³-hybridized carbons (Fsp3) is 0.909. The zero-order valence-electron chi connectivity index (χ0n) is 10.1. The van der Waals surface area contributed by atoms with Crippen LogP contribution in [0.2, 0.25) is 0 Å². The Bertz CT molecular complexity index is 250. The van der Waals surface area contributed by atoms with Gasteiger partial charge in [0.05, 0.1) is 6.04 Å². The molecule has 3 nitrogen and oxygen atoms in total. The molecule has 2 fully saturated rings. The highest BCUT2D eigenvalue weighted by atomic mass is 35.5. The van der Waals surface area contributed by atoms with Crippen LogP contribution in [0.1, 0.15) is 26.2 Å². The molecule has 3 atom stereocenters. The van der Waals surface area contributed by atoms with Gasteiger partial charge in [-0.25, -0.2) is 0 Å². The molecule has 3 unspecified atom stereocenters. The summed E-state index contributed by atoms with van der Waals surface area (Å²) in [4.78, 5) is 12.0. The Kier molecular flexibility index (Phi) is 7.07. The number of carbonyl (C=O) groups is 1. The molecule has 2 N–H and O–H groups in total. The smallest absolute Gasteiger partial charge is 0.238 e. The van der Waals surface area contributed by atoms with Crippen molar-refractivity contribution < 1.29 is 4.79 Å². The van der Waals surface area contributed by atoms with E-state index in [-0.39, 0.29) is 24.4 Å². The summed E-state index contributed by atoms with van der Waals surface area (Å²) in [6, 6.07) is 0.447. The molecule has 17 heavy (non-hydrogen) atoms. The first-order valence-corrected chi connectivity index (χ1v) is 8.24. The van der Waals surface area contributed by atoms with Crippen LogP contribution in [-0.4, -0.2) is 40.6 Å². The van der Waals surface area contributed by atoms with Gasteiger partial charge in [0.1, 0.15) is 0 Å². The molecule has 1 amide bonds. The maximum absolute atomic E-state index is 12.0. The summed E-state index contributed by atoms with van der Waals surface area (Å²) in [5.41, 5.74) is 0. The van der Waals surface area contributed by atoms with Crippen LogP contribution in [0, 0.1) is 0 Å². The number of amides is 1. The molecule has 1 saturated heterocycles. The van der Waals surface area contributed by atoms with Crippen LogP contribution in [0.15, 0.2) is 0 Å². The third-order valence-electron chi connectivity index (χ3n) is 3.19. The topological polar surface area (TPSA) is 41.1 Å². The Labute approximate surface area is 118 Å². The number of hydrogen-bond acceptors (Lipinski definition) is 4. The fourth-order valence-corrected chi connectivity index (χ4v) is 4.49. The van der Waals surface area contributed by atoms with Crippen molar-refractivity contribution in [2.45, 2.75) is 43.5 Å². The minimum Gasteiger partial charge on any atom is -0.351 e. The van der Waals surface area contributed by atoms with Gasteiger partial charge in [0, 0.05) is 22.9 Å². The molecule has 1 aliphatic carbocycles. The normalized spacial score (nSPS) is 32.2. The molecule has 1 heterocycles. The number of nitrogens with one attached hydrogen (secondary N) is 2. The molecule has 0 aromatic carbocycles. The highest BCUT2D eigenvalue weighted by Crippen LogP contribution is 2.30. The first kappa shape index (κ1) is 15.5. The van der Waals surface area contributed by atoms with Crippen molar-refractivity contribution >= 4 is 41.8 Å². The summed E-state index contributed by atoms with van der Waals surface area (Å²) < 4.78 is 0. The molecular formula is C11H21ClN2OS2. The van der Waals surface area contributed by atoms with Gasteiger partial charge in [0.25, 0.3) is 0 Å². The summed E-state index contributed by atoms with van der Waals surface area (Å²) >= 11 is 3.79. The molecule has 2 aliphatic rings. The van der Waals surface area contributed by atoms with Gasteiger partial charge in [-0.1, -0.05) is 13.3 Å². The van der Waals surface area contributed by atoms with E-state index in [1.54, 1.807) is 11.8 Å². The van der Waals surface area contributed by atoms with Gasteiger partial charge in [-0.05, 0) is 18.6 Å². The number of carbonyl (C=O) groups excluding carboxylic acids is 1. The van der Waals surface area contributed by atoms with Crippen LogP contribution in [0.4, 0.5) is 0 Å². The molecule has 0 aromatic rings. The van der Waals surface area contributed by atoms with Gasteiger partial charge < -0.3 is 5.32 Å². The van der Waals surface area contributed by atoms with E-state index in [0.717, 1.165) is 23.8 Å². The maximum Gasteiger partial charge on any atom is 0.238 e. The Balaban J connectivity index is 0.00000144. The van der Waals surface area contributed by atoms with E-state index in [2.05, 4.69) is 17.6 Å². The van der Waals surface area contributed by atoms with Crippen molar-refractivity contribution in [3.63, 3.8) is 0 Å². The highest BCUT2D eigenvalue weighted by Gasteiger charge is 2.31. The van der Waals surface area contributed by atoms with Gasteiger partial charge in [0.2, 0.25) is 5.91 Å². The Morgan fingerprint density at radius 3 is 3.00 bits per heavy atom.